The molecule has 0 spiro atoms. The van der Waals surface area contributed by atoms with Crippen LogP contribution in [0.4, 0.5) is 8.78 Å². The number of halogens is 2. The number of carbonyl (C=O) groups is 1. The first kappa shape index (κ1) is 23.3. The molecule has 1 fully saturated rings. The molecule has 2 aromatic carbocycles. The molecule has 35 heavy (non-hydrogen) atoms. The molecule has 2 aromatic heterocycles. The molecule has 1 N–H and O–H groups in total. The van der Waals surface area contributed by atoms with E-state index in [2.05, 4.69) is 15.2 Å². The second-order valence-corrected chi connectivity index (χ2v) is 9.82. The fourth-order valence-corrected chi connectivity index (χ4v) is 5.09. The molecular weight excluding hydrogens is 470 g/mol. The molecule has 0 unspecified atom stereocenters. The van der Waals surface area contributed by atoms with E-state index in [1.165, 1.54) is 22.8 Å². The Morgan fingerprint density at radius 2 is 1.94 bits per heavy atom. The summed E-state index contributed by atoms with van der Waals surface area (Å²) < 4.78 is 29.4. The first-order chi connectivity index (χ1) is 16.9. The van der Waals surface area contributed by atoms with Gasteiger partial charge in [0.05, 0.1) is 22.9 Å². The van der Waals surface area contributed by atoms with E-state index in [-0.39, 0.29) is 35.1 Å². The number of aromatic nitrogens is 2. The zero-order valence-corrected chi connectivity index (χ0v) is 19.9. The van der Waals surface area contributed by atoms with Gasteiger partial charge in [0.15, 0.2) is 0 Å². The predicted octanol–water partition coefficient (Wildman–Crippen LogP) is 4.56. The summed E-state index contributed by atoms with van der Waals surface area (Å²) in [4.78, 5) is 31.9. The molecule has 6 nitrogen and oxygen atoms in total. The van der Waals surface area contributed by atoms with Gasteiger partial charge in [-0.15, -0.1) is 11.3 Å². The van der Waals surface area contributed by atoms with Crippen molar-refractivity contribution in [3.05, 3.63) is 86.5 Å². The van der Waals surface area contributed by atoms with Crippen molar-refractivity contribution >= 4 is 28.1 Å². The van der Waals surface area contributed by atoms with Gasteiger partial charge < -0.3 is 5.32 Å². The molecule has 1 saturated heterocycles. The summed E-state index contributed by atoms with van der Waals surface area (Å²) in [5.41, 5.74) is 2.28. The molecule has 4 aromatic rings. The van der Waals surface area contributed by atoms with Crippen LogP contribution in [0.1, 0.15) is 28.2 Å². The van der Waals surface area contributed by atoms with Crippen molar-refractivity contribution in [2.75, 3.05) is 13.1 Å². The SMILES string of the molecule is Cc1nc(-c2cccc(C(=O)NC3CCN(Cn4c(=O)ccc5c(F)cc(F)cc54)CC3)c2)cs1. The van der Waals surface area contributed by atoms with E-state index in [0.29, 0.717) is 31.5 Å². The standard InChI is InChI=1S/C26H24F2N4O2S/c1-16-29-23(14-35-16)17-3-2-4-18(11-17)26(34)30-20-7-9-31(10-8-20)15-32-24-13-19(27)12-22(28)21(24)5-6-25(32)33/h2-6,11-14,20H,7-10,15H2,1H3,(H,30,34). The van der Waals surface area contributed by atoms with Crippen LogP contribution in [-0.2, 0) is 6.67 Å². The van der Waals surface area contributed by atoms with E-state index >= 15 is 0 Å². The Hall–Kier alpha value is -3.43. The van der Waals surface area contributed by atoms with Gasteiger partial charge in [-0.25, -0.2) is 13.8 Å². The third-order valence-electron chi connectivity index (χ3n) is 6.33. The zero-order chi connectivity index (χ0) is 24.5. The molecule has 0 atom stereocenters. The number of nitrogens with one attached hydrogen (secondary N) is 1. The summed E-state index contributed by atoms with van der Waals surface area (Å²) in [7, 11) is 0. The van der Waals surface area contributed by atoms with E-state index < -0.39 is 11.6 Å². The Morgan fingerprint density at radius 1 is 1.14 bits per heavy atom. The molecule has 1 aliphatic rings. The lowest BCUT2D eigenvalue weighted by Gasteiger charge is -2.33. The molecule has 0 radical (unpaired) electrons. The molecular formula is C26H24F2N4O2S. The fraction of sp³-hybridized carbons (Fsp3) is 0.269. The van der Waals surface area contributed by atoms with Crippen LogP contribution >= 0.6 is 11.3 Å². The summed E-state index contributed by atoms with van der Waals surface area (Å²) in [6.45, 7) is 3.46. The highest BCUT2D eigenvalue weighted by Gasteiger charge is 2.22. The molecule has 0 aliphatic carbocycles. The van der Waals surface area contributed by atoms with Gasteiger partial charge in [0.1, 0.15) is 11.6 Å². The molecule has 1 amide bonds. The van der Waals surface area contributed by atoms with Crippen molar-refractivity contribution in [2.45, 2.75) is 32.5 Å². The Labute approximate surface area is 204 Å². The lowest BCUT2D eigenvalue weighted by Crippen LogP contribution is -2.45. The average molecular weight is 495 g/mol. The third kappa shape index (κ3) is 5.01. The monoisotopic (exact) mass is 494 g/mol. The highest BCUT2D eigenvalue weighted by Crippen LogP contribution is 2.23. The minimum Gasteiger partial charge on any atom is -0.349 e. The van der Waals surface area contributed by atoms with Crippen LogP contribution in [0.5, 0.6) is 0 Å². The maximum absolute atomic E-state index is 14.2. The Morgan fingerprint density at radius 3 is 2.69 bits per heavy atom. The number of likely N-dealkylation sites (tertiary alicyclic amines) is 1. The molecule has 180 valence electrons. The molecule has 9 heteroatoms. The number of nitrogens with zero attached hydrogens (tertiary/aromatic N) is 3. The normalized spacial score (nSPS) is 14.9. The van der Waals surface area contributed by atoms with Gasteiger partial charge in [-0.05, 0) is 44.0 Å². The number of thiazole rings is 1. The van der Waals surface area contributed by atoms with Crippen LogP contribution in [-0.4, -0.2) is 39.5 Å². The largest absolute Gasteiger partial charge is 0.349 e. The second kappa shape index (κ2) is 9.67. The van der Waals surface area contributed by atoms with Crippen molar-refractivity contribution in [2.24, 2.45) is 0 Å². The van der Waals surface area contributed by atoms with E-state index in [4.69, 9.17) is 0 Å². The smallest absolute Gasteiger partial charge is 0.252 e. The summed E-state index contributed by atoms with van der Waals surface area (Å²) in [5.74, 6) is -1.54. The lowest BCUT2D eigenvalue weighted by molar-refractivity contribution is 0.0899. The van der Waals surface area contributed by atoms with Gasteiger partial charge in [-0.1, -0.05) is 12.1 Å². The number of rotatable bonds is 5. The van der Waals surface area contributed by atoms with Crippen molar-refractivity contribution in [3.63, 3.8) is 0 Å². The first-order valence-corrected chi connectivity index (χ1v) is 12.3. The number of piperidine rings is 1. The Balaban J connectivity index is 1.23. The number of hydrogen-bond donors (Lipinski definition) is 1. The fourth-order valence-electron chi connectivity index (χ4n) is 4.47. The predicted molar refractivity (Wildman–Crippen MR) is 132 cm³/mol. The van der Waals surface area contributed by atoms with E-state index in [1.54, 1.807) is 17.4 Å². The van der Waals surface area contributed by atoms with E-state index in [9.17, 15) is 18.4 Å². The van der Waals surface area contributed by atoms with Gasteiger partial charge >= 0.3 is 0 Å². The summed E-state index contributed by atoms with van der Waals surface area (Å²) >= 11 is 1.57. The number of aryl methyl sites for hydroxylation is 1. The van der Waals surface area contributed by atoms with Crippen molar-refractivity contribution in [3.8, 4) is 11.3 Å². The van der Waals surface area contributed by atoms with Gasteiger partial charge in [0.2, 0.25) is 0 Å². The second-order valence-electron chi connectivity index (χ2n) is 8.76. The number of pyridine rings is 1. The minimum absolute atomic E-state index is 0.00283. The molecule has 3 heterocycles. The van der Waals surface area contributed by atoms with Crippen LogP contribution in [0.3, 0.4) is 0 Å². The average Bonchev–Trinajstić information content (AvgIpc) is 3.28. The molecule has 0 bridgehead atoms. The van der Waals surface area contributed by atoms with E-state index in [1.807, 2.05) is 30.5 Å². The molecule has 5 rings (SSSR count). The van der Waals surface area contributed by atoms with Crippen LogP contribution in [0.2, 0.25) is 0 Å². The van der Waals surface area contributed by atoms with Crippen molar-refractivity contribution in [1.29, 1.82) is 0 Å². The zero-order valence-electron chi connectivity index (χ0n) is 19.1. The van der Waals surface area contributed by atoms with Crippen molar-refractivity contribution in [1.82, 2.24) is 19.8 Å². The van der Waals surface area contributed by atoms with Gasteiger partial charge in [-0.3, -0.25) is 19.1 Å². The highest BCUT2D eigenvalue weighted by atomic mass is 32.1. The highest BCUT2D eigenvalue weighted by molar-refractivity contribution is 7.09. The minimum atomic E-state index is -0.718. The van der Waals surface area contributed by atoms with Gasteiger partial charge in [0.25, 0.3) is 11.5 Å². The van der Waals surface area contributed by atoms with E-state index in [0.717, 1.165) is 22.3 Å². The van der Waals surface area contributed by atoms with Crippen LogP contribution in [0, 0.1) is 18.6 Å². The van der Waals surface area contributed by atoms with Gasteiger partial charge in [0, 0.05) is 53.2 Å². The first-order valence-electron chi connectivity index (χ1n) is 11.4. The third-order valence-corrected chi connectivity index (χ3v) is 7.10. The van der Waals surface area contributed by atoms with Gasteiger partial charge in [-0.2, -0.15) is 0 Å². The number of amides is 1. The summed E-state index contributed by atoms with van der Waals surface area (Å²) in [6.07, 6.45) is 1.41. The summed E-state index contributed by atoms with van der Waals surface area (Å²) in [6, 6.07) is 12.1. The Kier molecular flexibility index (Phi) is 6.44. The lowest BCUT2D eigenvalue weighted by atomic mass is 10.0. The number of hydrogen-bond acceptors (Lipinski definition) is 5. The maximum Gasteiger partial charge on any atom is 0.252 e. The Bertz CT molecular complexity index is 1460. The quantitative estimate of drug-likeness (QED) is 0.442. The number of fused-ring (bicyclic) bond motifs is 1. The molecule has 0 saturated carbocycles. The molecule has 1 aliphatic heterocycles. The van der Waals surface area contributed by atoms with Crippen molar-refractivity contribution < 1.29 is 13.6 Å². The summed E-state index contributed by atoms with van der Waals surface area (Å²) in [5, 5.41) is 6.27. The van der Waals surface area contributed by atoms with Crippen LogP contribution < -0.4 is 10.9 Å². The number of carbonyl (C=O) groups excluding carboxylic acids is 1. The van der Waals surface area contributed by atoms with Crippen LogP contribution in [0.25, 0.3) is 22.2 Å². The number of benzene rings is 2. The topological polar surface area (TPSA) is 67.2 Å². The van der Waals surface area contributed by atoms with Crippen LogP contribution in [0.15, 0.2) is 58.7 Å². The maximum atomic E-state index is 14.2.